The molecule has 1 N–H and O–H groups in total. The fraction of sp³-hybridized carbons (Fsp3) is 0.143. The van der Waals surface area contributed by atoms with Gasteiger partial charge in [-0.15, -0.1) is 0 Å². The number of hydrogen-bond donors (Lipinski definition) is 1. The Morgan fingerprint density at radius 2 is 2.21 bits per heavy atom. The lowest BCUT2D eigenvalue weighted by Gasteiger charge is -2.08. The van der Waals surface area contributed by atoms with Gasteiger partial charge in [0, 0.05) is 23.9 Å². The molecule has 0 spiro atoms. The summed E-state index contributed by atoms with van der Waals surface area (Å²) in [6.45, 7) is 0.270. The number of hydrogen-bond acceptors (Lipinski definition) is 3. The first-order valence-corrected chi connectivity index (χ1v) is 5.72. The first-order chi connectivity index (χ1) is 9.20. The van der Waals surface area contributed by atoms with Crippen molar-refractivity contribution in [1.29, 1.82) is 0 Å². The van der Waals surface area contributed by atoms with Gasteiger partial charge in [0.1, 0.15) is 5.82 Å². The van der Waals surface area contributed by atoms with Gasteiger partial charge in [-0.3, -0.25) is 4.79 Å². The van der Waals surface area contributed by atoms with Crippen LogP contribution in [-0.2, 0) is 6.54 Å². The van der Waals surface area contributed by atoms with Crippen LogP contribution in [0.4, 0.5) is 4.39 Å². The number of rotatable bonds is 4. The van der Waals surface area contributed by atoms with E-state index >= 15 is 0 Å². The Morgan fingerprint density at radius 3 is 2.95 bits per heavy atom. The minimum atomic E-state index is -0.438. The number of carbonyl (C=O) groups is 1. The molecule has 0 bridgehead atoms. The molecule has 1 amide bonds. The molecule has 5 heteroatoms. The van der Waals surface area contributed by atoms with E-state index in [0.717, 1.165) is 5.56 Å². The van der Waals surface area contributed by atoms with E-state index in [1.165, 1.54) is 25.3 Å². The van der Waals surface area contributed by atoms with Gasteiger partial charge in [-0.05, 0) is 24.3 Å². The highest BCUT2D eigenvalue weighted by atomic mass is 19.1. The Hall–Kier alpha value is -2.43. The number of nitrogens with one attached hydrogen (secondary N) is 1. The van der Waals surface area contributed by atoms with E-state index in [0.29, 0.717) is 5.88 Å². The van der Waals surface area contributed by atoms with Crippen LogP contribution in [0.2, 0.25) is 0 Å². The molecule has 0 aliphatic rings. The third-order valence-corrected chi connectivity index (χ3v) is 2.57. The van der Waals surface area contributed by atoms with Gasteiger partial charge in [-0.2, -0.15) is 0 Å². The van der Waals surface area contributed by atoms with Crippen molar-refractivity contribution in [2.75, 3.05) is 7.11 Å². The van der Waals surface area contributed by atoms with Crippen LogP contribution < -0.4 is 10.1 Å². The van der Waals surface area contributed by atoms with Gasteiger partial charge >= 0.3 is 0 Å². The molecule has 0 aliphatic heterocycles. The van der Waals surface area contributed by atoms with E-state index in [9.17, 15) is 9.18 Å². The van der Waals surface area contributed by atoms with E-state index in [-0.39, 0.29) is 18.0 Å². The van der Waals surface area contributed by atoms with Crippen LogP contribution in [-0.4, -0.2) is 18.0 Å². The van der Waals surface area contributed by atoms with Gasteiger partial charge in [0.15, 0.2) is 0 Å². The van der Waals surface area contributed by atoms with Crippen LogP contribution >= 0.6 is 0 Å². The van der Waals surface area contributed by atoms with Gasteiger partial charge < -0.3 is 10.1 Å². The van der Waals surface area contributed by atoms with Crippen LogP contribution in [0.5, 0.6) is 5.88 Å². The number of methoxy groups -OCH3 is 1. The summed E-state index contributed by atoms with van der Waals surface area (Å²) in [6, 6.07) is 9.09. The Morgan fingerprint density at radius 1 is 1.37 bits per heavy atom. The molecule has 0 atom stereocenters. The molecule has 0 radical (unpaired) electrons. The molecule has 4 nitrogen and oxygen atoms in total. The first-order valence-electron chi connectivity index (χ1n) is 5.72. The highest BCUT2D eigenvalue weighted by Gasteiger charge is 2.08. The van der Waals surface area contributed by atoms with Crippen molar-refractivity contribution < 1.29 is 13.9 Å². The number of aromatic nitrogens is 1. The van der Waals surface area contributed by atoms with Gasteiger partial charge in [0.05, 0.1) is 7.11 Å². The molecule has 0 saturated carbocycles. The van der Waals surface area contributed by atoms with Crippen LogP contribution in [0, 0.1) is 5.82 Å². The maximum Gasteiger partial charge on any atom is 0.251 e. The SMILES string of the molecule is COc1ncccc1CNC(=O)c1cccc(F)c1. The number of nitrogens with zero attached hydrogens (tertiary/aromatic N) is 1. The summed E-state index contributed by atoms with van der Waals surface area (Å²) in [5.74, 6) is -0.320. The van der Waals surface area contributed by atoms with Crippen LogP contribution in [0.15, 0.2) is 42.6 Å². The van der Waals surface area contributed by atoms with E-state index < -0.39 is 5.82 Å². The van der Waals surface area contributed by atoms with Crippen molar-refractivity contribution in [3.63, 3.8) is 0 Å². The van der Waals surface area contributed by atoms with Crippen molar-refractivity contribution >= 4 is 5.91 Å². The van der Waals surface area contributed by atoms with Gasteiger partial charge in [0.25, 0.3) is 5.91 Å². The van der Waals surface area contributed by atoms with Gasteiger partial charge in [-0.25, -0.2) is 9.37 Å². The number of halogens is 1. The average molecular weight is 260 g/mol. The highest BCUT2D eigenvalue weighted by molar-refractivity contribution is 5.94. The summed E-state index contributed by atoms with van der Waals surface area (Å²) in [5.41, 5.74) is 1.04. The number of pyridine rings is 1. The molecule has 2 aromatic rings. The topological polar surface area (TPSA) is 51.2 Å². The molecule has 1 aromatic heterocycles. The second-order valence-corrected chi connectivity index (χ2v) is 3.86. The molecule has 0 fully saturated rings. The van der Waals surface area contributed by atoms with Crippen molar-refractivity contribution in [2.45, 2.75) is 6.54 Å². The highest BCUT2D eigenvalue weighted by Crippen LogP contribution is 2.13. The van der Waals surface area contributed by atoms with E-state index in [1.807, 2.05) is 0 Å². The Labute approximate surface area is 110 Å². The zero-order valence-electron chi connectivity index (χ0n) is 10.4. The van der Waals surface area contributed by atoms with Crippen LogP contribution in [0.3, 0.4) is 0 Å². The molecular formula is C14H13FN2O2. The molecule has 2 rings (SSSR count). The lowest BCUT2D eigenvalue weighted by molar-refractivity contribution is 0.0950. The number of ether oxygens (including phenoxy) is 1. The summed E-state index contributed by atoms with van der Waals surface area (Å²) in [5, 5.41) is 2.69. The van der Waals surface area contributed by atoms with E-state index in [2.05, 4.69) is 10.3 Å². The smallest absolute Gasteiger partial charge is 0.251 e. The quantitative estimate of drug-likeness (QED) is 0.916. The van der Waals surface area contributed by atoms with E-state index in [1.54, 1.807) is 24.4 Å². The van der Waals surface area contributed by atoms with Crippen LogP contribution in [0.1, 0.15) is 15.9 Å². The lowest BCUT2D eigenvalue weighted by Crippen LogP contribution is -2.23. The fourth-order valence-electron chi connectivity index (χ4n) is 1.65. The summed E-state index contributed by atoms with van der Waals surface area (Å²) in [4.78, 5) is 15.9. The molecule has 98 valence electrons. The predicted molar refractivity (Wildman–Crippen MR) is 68.4 cm³/mol. The third-order valence-electron chi connectivity index (χ3n) is 2.57. The van der Waals surface area contributed by atoms with Crippen molar-refractivity contribution in [3.05, 3.63) is 59.5 Å². The standard InChI is InChI=1S/C14H13FN2O2/c1-19-14-11(5-3-7-16-14)9-17-13(18)10-4-2-6-12(15)8-10/h2-8H,9H2,1H3,(H,17,18). The van der Waals surface area contributed by atoms with Gasteiger partial charge in [-0.1, -0.05) is 12.1 Å². The molecule has 0 saturated heterocycles. The largest absolute Gasteiger partial charge is 0.481 e. The Balaban J connectivity index is 2.04. The zero-order chi connectivity index (χ0) is 13.7. The van der Waals surface area contributed by atoms with E-state index in [4.69, 9.17) is 4.74 Å². The normalized spacial score (nSPS) is 10.0. The van der Waals surface area contributed by atoms with Gasteiger partial charge in [0.2, 0.25) is 5.88 Å². The average Bonchev–Trinajstić information content (AvgIpc) is 2.45. The van der Waals surface area contributed by atoms with Crippen molar-refractivity contribution in [1.82, 2.24) is 10.3 Å². The second-order valence-electron chi connectivity index (χ2n) is 3.86. The molecule has 1 heterocycles. The summed E-state index contributed by atoms with van der Waals surface area (Å²) >= 11 is 0. The number of amides is 1. The third kappa shape index (κ3) is 3.28. The fourth-order valence-corrected chi connectivity index (χ4v) is 1.65. The molecule has 19 heavy (non-hydrogen) atoms. The predicted octanol–water partition coefficient (Wildman–Crippen LogP) is 2.16. The summed E-state index contributed by atoms with van der Waals surface area (Å²) < 4.78 is 18.1. The maximum absolute atomic E-state index is 13.0. The molecule has 0 aliphatic carbocycles. The molecule has 0 unspecified atom stereocenters. The molecule has 1 aromatic carbocycles. The second kappa shape index (κ2) is 5.95. The lowest BCUT2D eigenvalue weighted by atomic mass is 10.2. The zero-order valence-corrected chi connectivity index (χ0v) is 10.4. The van der Waals surface area contributed by atoms with Crippen molar-refractivity contribution in [3.8, 4) is 5.88 Å². The maximum atomic E-state index is 13.0. The number of carbonyl (C=O) groups excluding carboxylic acids is 1. The summed E-state index contributed by atoms with van der Waals surface area (Å²) in [7, 11) is 1.51. The Kier molecular flexibility index (Phi) is 4.07. The summed E-state index contributed by atoms with van der Waals surface area (Å²) in [6.07, 6.45) is 1.61. The molecular weight excluding hydrogens is 247 g/mol. The van der Waals surface area contributed by atoms with Crippen molar-refractivity contribution in [2.24, 2.45) is 0 Å². The Bertz CT molecular complexity index is 587. The minimum absolute atomic E-state index is 0.270. The minimum Gasteiger partial charge on any atom is -0.481 e. The van der Waals surface area contributed by atoms with Crippen LogP contribution in [0.25, 0.3) is 0 Å². The monoisotopic (exact) mass is 260 g/mol. The first kappa shape index (κ1) is 13.0. The number of benzene rings is 1.